The van der Waals surface area contributed by atoms with Gasteiger partial charge in [0.25, 0.3) is 5.91 Å². The number of hydrogen-bond acceptors (Lipinski definition) is 3. The van der Waals surface area contributed by atoms with Crippen LogP contribution in [0.2, 0.25) is 10.3 Å². The second kappa shape index (κ2) is 6.72. The molecule has 4 nitrogen and oxygen atoms in total. The third kappa shape index (κ3) is 3.61. The molecule has 1 aromatic rings. The molecule has 1 amide bonds. The van der Waals surface area contributed by atoms with Crippen molar-refractivity contribution in [3.05, 3.63) is 21.9 Å². The van der Waals surface area contributed by atoms with Gasteiger partial charge in [0.1, 0.15) is 0 Å². The molecule has 0 bridgehead atoms. The van der Waals surface area contributed by atoms with Crippen molar-refractivity contribution in [3.63, 3.8) is 0 Å². The predicted octanol–water partition coefficient (Wildman–Crippen LogP) is 3.82. The van der Waals surface area contributed by atoms with E-state index in [1.165, 1.54) is 18.9 Å². The van der Waals surface area contributed by atoms with Gasteiger partial charge in [0.05, 0.1) is 5.56 Å². The molecular formula is C14H19Cl2N3O. The highest BCUT2D eigenvalue weighted by Gasteiger charge is 2.29. The van der Waals surface area contributed by atoms with E-state index in [0.717, 1.165) is 19.4 Å². The van der Waals surface area contributed by atoms with Crippen molar-refractivity contribution in [2.45, 2.75) is 45.6 Å². The molecule has 0 unspecified atom stereocenters. The van der Waals surface area contributed by atoms with Crippen molar-refractivity contribution in [2.24, 2.45) is 5.92 Å². The van der Waals surface area contributed by atoms with E-state index in [0.29, 0.717) is 17.5 Å². The minimum atomic E-state index is -0.0904. The van der Waals surface area contributed by atoms with E-state index in [4.69, 9.17) is 23.2 Å². The van der Waals surface area contributed by atoms with Gasteiger partial charge in [0.15, 0.2) is 10.3 Å². The number of carbonyl (C=O) groups excluding carboxylic acids is 1. The fraction of sp³-hybridized carbons (Fsp3) is 0.643. The number of hydrogen-bond donors (Lipinski definition) is 0. The average Bonchev–Trinajstić information content (AvgIpc) is 2.91. The highest BCUT2D eigenvalue weighted by Crippen LogP contribution is 2.27. The van der Waals surface area contributed by atoms with Crippen LogP contribution in [-0.4, -0.2) is 33.6 Å². The molecule has 0 N–H and O–H groups in total. The number of halogens is 2. The van der Waals surface area contributed by atoms with E-state index in [1.807, 2.05) is 4.90 Å². The first-order valence-corrected chi connectivity index (χ1v) is 7.74. The third-order valence-electron chi connectivity index (χ3n) is 3.54. The lowest BCUT2D eigenvalue weighted by molar-refractivity contribution is 0.0655. The Hall–Kier alpha value is -0.870. The minimum Gasteiger partial charge on any atom is -0.335 e. The molecule has 1 aromatic heterocycles. The molecule has 20 heavy (non-hydrogen) atoms. The number of amides is 1. The molecule has 2 rings (SSSR count). The van der Waals surface area contributed by atoms with Crippen LogP contribution < -0.4 is 0 Å². The van der Waals surface area contributed by atoms with Gasteiger partial charge in [-0.25, -0.2) is 0 Å². The van der Waals surface area contributed by atoms with Crippen LogP contribution in [0.3, 0.4) is 0 Å². The van der Waals surface area contributed by atoms with Crippen LogP contribution in [-0.2, 0) is 0 Å². The lowest BCUT2D eigenvalue weighted by atomic mass is 10.1. The zero-order chi connectivity index (χ0) is 14.7. The van der Waals surface area contributed by atoms with Gasteiger partial charge in [-0.1, -0.05) is 49.9 Å². The molecular weight excluding hydrogens is 297 g/mol. The van der Waals surface area contributed by atoms with Gasteiger partial charge in [0.2, 0.25) is 0 Å². The largest absolute Gasteiger partial charge is 0.335 e. The number of aromatic nitrogens is 2. The maximum atomic E-state index is 12.8. The number of carbonyl (C=O) groups is 1. The predicted molar refractivity (Wildman–Crippen MR) is 80.2 cm³/mol. The topological polar surface area (TPSA) is 46.1 Å². The van der Waals surface area contributed by atoms with E-state index in [9.17, 15) is 4.79 Å². The lowest BCUT2D eigenvalue weighted by Gasteiger charge is -2.30. The smallest absolute Gasteiger partial charge is 0.257 e. The van der Waals surface area contributed by atoms with Crippen molar-refractivity contribution in [3.8, 4) is 0 Å². The molecule has 0 radical (unpaired) electrons. The minimum absolute atomic E-state index is 0.0904. The number of nitrogens with zero attached hydrogens (tertiary/aromatic N) is 3. The number of rotatable bonds is 4. The maximum Gasteiger partial charge on any atom is 0.257 e. The van der Waals surface area contributed by atoms with Crippen LogP contribution in [0.15, 0.2) is 6.07 Å². The van der Waals surface area contributed by atoms with E-state index in [1.54, 1.807) is 0 Å². The average molecular weight is 316 g/mol. The second-order valence-corrected chi connectivity index (χ2v) is 6.41. The van der Waals surface area contributed by atoms with Gasteiger partial charge in [-0.05, 0) is 24.8 Å². The standard InChI is InChI=1S/C14H19Cl2N3O/c1-9(2)8-19(10-5-3-4-6-10)14(20)11-7-12(15)17-18-13(11)16/h7,9-10H,3-6,8H2,1-2H3. The Labute approximate surface area is 129 Å². The van der Waals surface area contributed by atoms with E-state index in [-0.39, 0.29) is 16.2 Å². The molecule has 1 fully saturated rings. The Morgan fingerprint density at radius 3 is 2.60 bits per heavy atom. The van der Waals surface area contributed by atoms with Crippen molar-refractivity contribution in [1.29, 1.82) is 0 Å². The molecule has 0 aromatic carbocycles. The van der Waals surface area contributed by atoms with Crippen LogP contribution in [0.4, 0.5) is 0 Å². The van der Waals surface area contributed by atoms with Crippen molar-refractivity contribution in [1.82, 2.24) is 15.1 Å². The van der Waals surface area contributed by atoms with Crippen LogP contribution in [0.1, 0.15) is 49.9 Å². The summed E-state index contributed by atoms with van der Waals surface area (Å²) in [5, 5.41) is 7.68. The summed E-state index contributed by atoms with van der Waals surface area (Å²) in [6.07, 6.45) is 4.47. The van der Waals surface area contributed by atoms with Crippen molar-refractivity contribution < 1.29 is 4.79 Å². The monoisotopic (exact) mass is 315 g/mol. The summed E-state index contributed by atoms with van der Waals surface area (Å²) in [4.78, 5) is 14.7. The van der Waals surface area contributed by atoms with Gasteiger partial charge < -0.3 is 4.90 Å². The van der Waals surface area contributed by atoms with Crippen molar-refractivity contribution >= 4 is 29.1 Å². The van der Waals surface area contributed by atoms with E-state index < -0.39 is 0 Å². The molecule has 1 aliphatic carbocycles. The summed E-state index contributed by atoms with van der Waals surface area (Å²) in [5.74, 6) is 0.316. The molecule has 6 heteroatoms. The molecule has 0 aliphatic heterocycles. The molecule has 0 saturated heterocycles. The van der Waals surface area contributed by atoms with E-state index in [2.05, 4.69) is 24.0 Å². The summed E-state index contributed by atoms with van der Waals surface area (Å²) in [6, 6.07) is 1.80. The van der Waals surface area contributed by atoms with Gasteiger partial charge >= 0.3 is 0 Å². The van der Waals surface area contributed by atoms with Gasteiger partial charge in [-0.3, -0.25) is 4.79 Å². The van der Waals surface area contributed by atoms with Crippen molar-refractivity contribution in [2.75, 3.05) is 6.54 Å². The first kappa shape index (κ1) is 15.5. The Bertz CT molecular complexity index is 487. The summed E-state index contributed by atoms with van der Waals surface area (Å²) in [5.41, 5.74) is 0.346. The quantitative estimate of drug-likeness (QED) is 0.848. The second-order valence-electron chi connectivity index (χ2n) is 5.66. The fourth-order valence-electron chi connectivity index (χ4n) is 2.66. The first-order valence-electron chi connectivity index (χ1n) is 6.98. The molecule has 110 valence electrons. The van der Waals surface area contributed by atoms with Crippen LogP contribution in [0.5, 0.6) is 0 Å². The first-order chi connectivity index (χ1) is 9.49. The molecule has 1 heterocycles. The summed E-state index contributed by atoms with van der Waals surface area (Å²) < 4.78 is 0. The zero-order valence-electron chi connectivity index (χ0n) is 11.8. The fourth-order valence-corrected chi connectivity index (χ4v) is 2.98. The van der Waals surface area contributed by atoms with E-state index >= 15 is 0 Å². The highest BCUT2D eigenvalue weighted by molar-refractivity contribution is 6.34. The Kier molecular flexibility index (Phi) is 5.22. The highest BCUT2D eigenvalue weighted by atomic mass is 35.5. The third-order valence-corrected chi connectivity index (χ3v) is 4.00. The van der Waals surface area contributed by atoms with Gasteiger partial charge in [-0.15, -0.1) is 10.2 Å². The van der Waals surface area contributed by atoms with Crippen LogP contribution >= 0.6 is 23.2 Å². The zero-order valence-corrected chi connectivity index (χ0v) is 13.3. The maximum absolute atomic E-state index is 12.8. The molecule has 0 atom stereocenters. The molecule has 1 saturated carbocycles. The summed E-state index contributed by atoms with van der Waals surface area (Å²) in [7, 11) is 0. The molecule has 0 spiro atoms. The van der Waals surface area contributed by atoms with Crippen LogP contribution in [0.25, 0.3) is 0 Å². The Morgan fingerprint density at radius 2 is 2.00 bits per heavy atom. The Balaban J connectivity index is 2.27. The summed E-state index contributed by atoms with van der Waals surface area (Å²) in [6.45, 7) is 4.93. The van der Waals surface area contributed by atoms with Gasteiger partial charge in [-0.2, -0.15) is 0 Å². The van der Waals surface area contributed by atoms with Gasteiger partial charge in [0, 0.05) is 12.6 Å². The lowest BCUT2D eigenvalue weighted by Crippen LogP contribution is -2.41. The summed E-state index contributed by atoms with van der Waals surface area (Å²) >= 11 is 11.8. The normalized spacial score (nSPS) is 15.8. The Morgan fingerprint density at radius 1 is 1.35 bits per heavy atom. The SMILES string of the molecule is CC(C)CN(C(=O)c1cc(Cl)nnc1Cl)C1CCCC1. The van der Waals surface area contributed by atoms with Crippen LogP contribution in [0, 0.1) is 5.92 Å². The molecule has 1 aliphatic rings.